The zero-order valence-electron chi connectivity index (χ0n) is 12.9. The van der Waals surface area contributed by atoms with E-state index in [1.54, 1.807) is 24.8 Å². The van der Waals surface area contributed by atoms with Crippen LogP contribution in [0.15, 0.2) is 41.3 Å². The minimum Gasteiger partial charge on any atom is -0.298 e. The smallest absolute Gasteiger partial charge is 0.273 e. The second-order valence-corrected chi connectivity index (χ2v) is 6.87. The second-order valence-electron chi connectivity index (χ2n) is 4.99. The number of thiazole rings is 1. The maximum Gasteiger partial charge on any atom is 0.273 e. The predicted molar refractivity (Wildman–Crippen MR) is 97.2 cm³/mol. The van der Waals surface area contributed by atoms with Crippen molar-refractivity contribution in [1.82, 2.24) is 4.98 Å². The third kappa shape index (κ3) is 2.98. The molecule has 0 saturated carbocycles. The van der Waals surface area contributed by atoms with Crippen molar-refractivity contribution in [2.24, 2.45) is 0 Å². The highest BCUT2D eigenvalue weighted by Gasteiger charge is 2.19. The molecule has 0 aliphatic carbocycles. The summed E-state index contributed by atoms with van der Waals surface area (Å²) in [5.74, 6) is -0.402. The number of aromatic nitrogens is 1. The van der Waals surface area contributed by atoms with Gasteiger partial charge in [0, 0.05) is 22.1 Å². The maximum absolute atomic E-state index is 12.5. The van der Waals surface area contributed by atoms with E-state index in [1.165, 1.54) is 23.5 Å². The van der Waals surface area contributed by atoms with Crippen LogP contribution in [0.4, 0.5) is 10.8 Å². The van der Waals surface area contributed by atoms with Gasteiger partial charge in [-0.15, -0.1) is 11.8 Å². The number of nitrogens with zero attached hydrogens (tertiary/aromatic N) is 2. The van der Waals surface area contributed by atoms with Crippen LogP contribution in [0.1, 0.15) is 15.9 Å². The van der Waals surface area contributed by atoms with Gasteiger partial charge in [0.1, 0.15) is 0 Å². The zero-order chi connectivity index (χ0) is 17.3. The van der Waals surface area contributed by atoms with Gasteiger partial charge in [-0.3, -0.25) is 20.2 Å². The van der Waals surface area contributed by atoms with Crippen molar-refractivity contribution in [1.29, 1.82) is 0 Å². The van der Waals surface area contributed by atoms with Crippen LogP contribution in [0.25, 0.3) is 10.2 Å². The van der Waals surface area contributed by atoms with Crippen molar-refractivity contribution in [3.8, 4) is 0 Å². The van der Waals surface area contributed by atoms with Crippen molar-refractivity contribution in [2.75, 3.05) is 11.6 Å². The minimum atomic E-state index is -0.492. The van der Waals surface area contributed by atoms with Crippen molar-refractivity contribution < 1.29 is 9.72 Å². The molecule has 0 atom stereocenters. The average molecular weight is 359 g/mol. The highest BCUT2D eigenvalue weighted by atomic mass is 32.2. The van der Waals surface area contributed by atoms with Gasteiger partial charge in [-0.2, -0.15) is 0 Å². The highest BCUT2D eigenvalue weighted by Crippen LogP contribution is 2.32. The molecule has 1 N–H and O–H groups in total. The molecule has 8 heteroatoms. The van der Waals surface area contributed by atoms with Gasteiger partial charge in [0.2, 0.25) is 0 Å². The number of fused-ring (bicyclic) bond motifs is 1. The van der Waals surface area contributed by atoms with E-state index < -0.39 is 10.8 Å². The molecule has 0 aliphatic heterocycles. The zero-order valence-corrected chi connectivity index (χ0v) is 14.5. The Morgan fingerprint density at radius 1 is 1.29 bits per heavy atom. The fourth-order valence-corrected chi connectivity index (χ4v) is 3.89. The molecule has 0 aliphatic rings. The Kier molecular flexibility index (Phi) is 4.50. The number of para-hydroxylation sites is 1. The molecule has 0 radical (unpaired) electrons. The van der Waals surface area contributed by atoms with E-state index in [1.807, 2.05) is 24.5 Å². The van der Waals surface area contributed by atoms with Gasteiger partial charge in [-0.1, -0.05) is 23.5 Å². The van der Waals surface area contributed by atoms with Crippen LogP contribution in [-0.2, 0) is 0 Å². The molecule has 24 heavy (non-hydrogen) atoms. The average Bonchev–Trinajstić information content (AvgIpc) is 2.96. The van der Waals surface area contributed by atoms with Crippen molar-refractivity contribution in [2.45, 2.75) is 11.8 Å². The molecule has 1 amide bonds. The summed E-state index contributed by atoms with van der Waals surface area (Å²) in [6, 6.07) is 10.3. The van der Waals surface area contributed by atoms with Crippen molar-refractivity contribution >= 4 is 50.0 Å². The Hall–Kier alpha value is -2.45. The van der Waals surface area contributed by atoms with E-state index in [-0.39, 0.29) is 11.3 Å². The number of amides is 1. The minimum absolute atomic E-state index is 0.0726. The lowest BCUT2D eigenvalue weighted by Crippen LogP contribution is -2.13. The molecule has 0 unspecified atom stereocenters. The standard InChI is InChI=1S/C16H13N3O3S2/c1-9-10(5-3-6-11(9)19(21)22)15(20)18-16-17-14-12(23-2)7-4-8-13(14)24-16/h3-8H,1-2H3,(H,17,18,20). The first-order valence-corrected chi connectivity index (χ1v) is 9.04. The van der Waals surface area contributed by atoms with Crippen molar-refractivity contribution in [3.63, 3.8) is 0 Å². The number of rotatable bonds is 4. The maximum atomic E-state index is 12.5. The van der Waals surface area contributed by atoms with E-state index >= 15 is 0 Å². The number of thioether (sulfide) groups is 1. The molecule has 1 aromatic heterocycles. The van der Waals surface area contributed by atoms with Crippen LogP contribution in [0, 0.1) is 17.0 Å². The SMILES string of the molecule is CSc1cccc2sc(NC(=O)c3cccc([N+](=O)[O-])c3C)nc12. The predicted octanol–water partition coefficient (Wildman–Crippen LogP) is 4.49. The number of carbonyl (C=O) groups is 1. The largest absolute Gasteiger partial charge is 0.298 e. The highest BCUT2D eigenvalue weighted by molar-refractivity contribution is 7.98. The molecule has 3 rings (SSSR count). The lowest BCUT2D eigenvalue weighted by Gasteiger charge is -2.05. The fraction of sp³-hybridized carbons (Fsp3) is 0.125. The molecule has 2 aromatic carbocycles. The Balaban J connectivity index is 1.93. The molecule has 3 aromatic rings. The second kappa shape index (κ2) is 6.58. The number of nitro groups is 1. The van der Waals surface area contributed by atoms with Gasteiger partial charge in [-0.25, -0.2) is 4.98 Å². The van der Waals surface area contributed by atoms with Crippen LogP contribution >= 0.6 is 23.1 Å². The normalized spacial score (nSPS) is 10.8. The van der Waals surface area contributed by atoms with Gasteiger partial charge >= 0.3 is 0 Å². The topological polar surface area (TPSA) is 85.1 Å². The van der Waals surface area contributed by atoms with E-state index in [2.05, 4.69) is 10.3 Å². The molecule has 1 heterocycles. The quantitative estimate of drug-likeness (QED) is 0.421. The molecular weight excluding hydrogens is 346 g/mol. The first-order chi connectivity index (χ1) is 11.5. The summed E-state index contributed by atoms with van der Waals surface area (Å²) in [5, 5.41) is 14.2. The third-order valence-electron chi connectivity index (χ3n) is 3.57. The van der Waals surface area contributed by atoms with E-state index in [4.69, 9.17) is 0 Å². The van der Waals surface area contributed by atoms with Gasteiger partial charge in [0.05, 0.1) is 15.1 Å². The number of nitrogens with one attached hydrogen (secondary N) is 1. The number of nitro benzene ring substituents is 1. The lowest BCUT2D eigenvalue weighted by atomic mass is 10.1. The Labute approximate surface area is 146 Å². The Morgan fingerprint density at radius 3 is 2.75 bits per heavy atom. The molecule has 0 fully saturated rings. The summed E-state index contributed by atoms with van der Waals surface area (Å²) in [6.07, 6.45) is 1.97. The molecule has 0 saturated heterocycles. The van der Waals surface area contributed by atoms with E-state index in [0.717, 1.165) is 15.1 Å². The summed E-state index contributed by atoms with van der Waals surface area (Å²) in [6.45, 7) is 1.57. The molecule has 6 nitrogen and oxygen atoms in total. The molecule has 0 bridgehead atoms. The Bertz CT molecular complexity index is 953. The first kappa shape index (κ1) is 16.4. The number of carbonyl (C=O) groups excluding carboxylic acids is 1. The van der Waals surface area contributed by atoms with Crippen LogP contribution in [-0.4, -0.2) is 22.1 Å². The van der Waals surface area contributed by atoms with Crippen molar-refractivity contribution in [3.05, 3.63) is 57.6 Å². The van der Waals surface area contributed by atoms with Crippen LogP contribution in [0.2, 0.25) is 0 Å². The summed E-state index contributed by atoms with van der Waals surface area (Å²) >= 11 is 2.97. The van der Waals surface area contributed by atoms with Gasteiger partial charge in [0.15, 0.2) is 5.13 Å². The number of hydrogen-bond acceptors (Lipinski definition) is 6. The molecule has 0 spiro atoms. The lowest BCUT2D eigenvalue weighted by molar-refractivity contribution is -0.385. The van der Waals surface area contributed by atoms with Crippen LogP contribution < -0.4 is 5.32 Å². The van der Waals surface area contributed by atoms with Gasteiger partial charge in [-0.05, 0) is 31.4 Å². The monoisotopic (exact) mass is 359 g/mol. The Morgan fingerprint density at radius 2 is 2.04 bits per heavy atom. The van der Waals surface area contributed by atoms with Gasteiger partial charge < -0.3 is 0 Å². The summed E-state index contributed by atoms with van der Waals surface area (Å²) in [7, 11) is 0. The molecular formula is C16H13N3O3S2. The molecule has 122 valence electrons. The van der Waals surface area contributed by atoms with E-state index in [9.17, 15) is 14.9 Å². The number of anilines is 1. The third-order valence-corrected chi connectivity index (χ3v) is 5.27. The van der Waals surface area contributed by atoms with Gasteiger partial charge in [0.25, 0.3) is 11.6 Å². The fourth-order valence-electron chi connectivity index (χ4n) is 2.37. The number of benzene rings is 2. The summed E-state index contributed by atoms with van der Waals surface area (Å²) in [5.41, 5.74) is 1.39. The first-order valence-electron chi connectivity index (χ1n) is 7.00. The van der Waals surface area contributed by atoms with E-state index in [0.29, 0.717) is 10.7 Å². The summed E-state index contributed by atoms with van der Waals surface area (Å²) < 4.78 is 0.980. The summed E-state index contributed by atoms with van der Waals surface area (Å²) in [4.78, 5) is 28.5. The van der Waals surface area contributed by atoms with Crippen LogP contribution in [0.5, 0.6) is 0 Å². The van der Waals surface area contributed by atoms with Crippen LogP contribution in [0.3, 0.4) is 0 Å². The number of hydrogen-bond donors (Lipinski definition) is 1.